The number of esters is 1. The van der Waals surface area contributed by atoms with Gasteiger partial charge in [-0.05, 0) is 0 Å². The molecule has 0 saturated heterocycles. The second-order valence-corrected chi connectivity index (χ2v) is 8.64. The van der Waals surface area contributed by atoms with Crippen LogP contribution in [-0.2, 0) is 16.1 Å². The number of rotatable bonds is 12. The van der Waals surface area contributed by atoms with Crippen LogP contribution in [0, 0.1) is 0 Å². The van der Waals surface area contributed by atoms with Gasteiger partial charge in [0.15, 0.2) is 11.5 Å². The maximum Gasteiger partial charge on any atom is 0.460 e. The Kier molecular flexibility index (Phi) is 9.27. The first-order valence-electron chi connectivity index (χ1n) is 11.0. The molecule has 22 heteroatoms. The van der Waals surface area contributed by atoms with Crippen LogP contribution in [0.1, 0.15) is 19.3 Å². The Labute approximate surface area is 222 Å². The van der Waals surface area contributed by atoms with Crippen LogP contribution < -0.4 is 9.47 Å². The minimum atomic E-state index is -8.70. The van der Waals surface area contributed by atoms with Gasteiger partial charge in [-0.25, -0.2) is 0 Å². The quantitative estimate of drug-likeness (QED) is 0.180. The number of hydrogen-bond acceptors (Lipinski definition) is 4. The van der Waals surface area contributed by atoms with Crippen molar-refractivity contribution in [1.82, 2.24) is 4.57 Å². The molecule has 0 radical (unpaired) electrons. The molecule has 42 heavy (non-hydrogen) atoms. The SMILES string of the molecule is O=C(CCC(F)(F)C(F)(F)C(F)(F)C(F)(F)C(F)(F)C(F)(F)C(F)(F)C(F)(F)F)OCCn1cc2c(c1)OCCCO2. The third-order valence-electron chi connectivity index (χ3n) is 5.66. The topological polar surface area (TPSA) is 49.7 Å². The Balaban J connectivity index is 2.14. The highest BCUT2D eigenvalue weighted by Gasteiger charge is 2.95. The van der Waals surface area contributed by atoms with Crippen LogP contribution in [0.5, 0.6) is 11.5 Å². The number of fused-ring (bicyclic) bond motifs is 1. The van der Waals surface area contributed by atoms with Crippen molar-refractivity contribution >= 4 is 5.97 Å². The van der Waals surface area contributed by atoms with Gasteiger partial charge in [0, 0.05) is 12.8 Å². The summed E-state index contributed by atoms with van der Waals surface area (Å²) < 4.78 is 242. The number of carbonyl (C=O) groups excluding carboxylic acids is 1. The van der Waals surface area contributed by atoms with Crippen molar-refractivity contribution in [3.63, 3.8) is 0 Å². The molecule has 2 rings (SSSR count). The highest BCUT2D eigenvalue weighted by molar-refractivity contribution is 5.69. The predicted molar refractivity (Wildman–Crippen MR) is 101 cm³/mol. The van der Waals surface area contributed by atoms with Crippen LogP contribution in [0.4, 0.5) is 74.6 Å². The number of aromatic nitrogens is 1. The molecule has 0 amide bonds. The summed E-state index contributed by atoms with van der Waals surface area (Å²) in [6.45, 7) is -0.433. The molecule has 1 aromatic rings. The van der Waals surface area contributed by atoms with Crippen LogP contribution in [0.25, 0.3) is 0 Å². The fourth-order valence-corrected chi connectivity index (χ4v) is 3.18. The summed E-state index contributed by atoms with van der Waals surface area (Å²) in [6.07, 6.45) is -9.51. The van der Waals surface area contributed by atoms with Crippen LogP contribution in [0.3, 0.4) is 0 Å². The molecule has 2 heterocycles. The molecule has 0 atom stereocenters. The van der Waals surface area contributed by atoms with Gasteiger partial charge in [-0.2, -0.15) is 74.6 Å². The lowest BCUT2D eigenvalue weighted by Crippen LogP contribution is -2.74. The summed E-state index contributed by atoms with van der Waals surface area (Å²) in [7, 11) is 0. The lowest BCUT2D eigenvalue weighted by molar-refractivity contribution is -0.461. The number of hydrogen-bond donors (Lipinski definition) is 0. The Morgan fingerprint density at radius 3 is 1.50 bits per heavy atom. The van der Waals surface area contributed by atoms with Gasteiger partial charge in [-0.3, -0.25) is 4.79 Å². The standard InChI is InChI=1S/C20H16F17NO4/c21-13(22,3-2-12(39)42-7-4-38-8-10-11(9-38)41-6-1-5-40-10)14(23,24)15(25,26)16(27,28)17(29,30)18(31,32)19(33,34)20(35,36)37/h8-9H,1-7H2. The molecule has 1 aliphatic heterocycles. The summed E-state index contributed by atoms with van der Waals surface area (Å²) in [4.78, 5) is 11.6. The lowest BCUT2D eigenvalue weighted by atomic mass is 9.88. The van der Waals surface area contributed by atoms with Crippen molar-refractivity contribution in [1.29, 1.82) is 0 Å². The summed E-state index contributed by atoms with van der Waals surface area (Å²) in [6, 6.07) is 0. The molecule has 0 aromatic carbocycles. The van der Waals surface area contributed by atoms with Gasteiger partial charge in [0.2, 0.25) is 0 Å². The van der Waals surface area contributed by atoms with Gasteiger partial charge in [-0.15, -0.1) is 0 Å². The van der Waals surface area contributed by atoms with Gasteiger partial charge < -0.3 is 18.8 Å². The number of alkyl halides is 17. The molecule has 1 aromatic heterocycles. The predicted octanol–water partition coefficient (Wildman–Crippen LogP) is 6.98. The highest BCUT2D eigenvalue weighted by Crippen LogP contribution is 2.64. The van der Waals surface area contributed by atoms with Crippen molar-refractivity contribution in [3.8, 4) is 11.5 Å². The normalized spacial score (nSPS) is 16.3. The zero-order valence-corrected chi connectivity index (χ0v) is 20.1. The summed E-state index contributed by atoms with van der Waals surface area (Å²) in [5.74, 6) is -58.4. The lowest BCUT2D eigenvalue weighted by Gasteiger charge is -2.42. The third kappa shape index (κ3) is 5.72. The molecular formula is C20H16F17NO4. The molecule has 0 N–H and O–H groups in total. The van der Waals surface area contributed by atoms with Gasteiger partial charge in [-0.1, -0.05) is 0 Å². The first kappa shape index (κ1) is 35.4. The number of halogens is 17. The van der Waals surface area contributed by atoms with Crippen LogP contribution >= 0.6 is 0 Å². The zero-order valence-electron chi connectivity index (χ0n) is 20.1. The average molecular weight is 657 g/mol. The van der Waals surface area contributed by atoms with E-state index in [-0.39, 0.29) is 31.3 Å². The van der Waals surface area contributed by atoms with E-state index in [1.807, 2.05) is 0 Å². The summed E-state index contributed by atoms with van der Waals surface area (Å²) >= 11 is 0. The molecule has 0 fully saturated rings. The molecule has 0 saturated carbocycles. The van der Waals surface area contributed by atoms with E-state index < -0.39 is 73.1 Å². The van der Waals surface area contributed by atoms with Crippen LogP contribution in [0.15, 0.2) is 12.4 Å². The maximum absolute atomic E-state index is 13.9. The Hall–Kier alpha value is -2.84. The van der Waals surface area contributed by atoms with Crippen LogP contribution in [-0.4, -0.2) is 78.0 Å². The van der Waals surface area contributed by atoms with E-state index in [0.717, 1.165) is 0 Å². The van der Waals surface area contributed by atoms with E-state index >= 15 is 0 Å². The van der Waals surface area contributed by atoms with Crippen molar-refractivity contribution in [2.75, 3.05) is 19.8 Å². The fourth-order valence-electron chi connectivity index (χ4n) is 3.18. The minimum absolute atomic E-state index is 0.254. The Morgan fingerprint density at radius 1 is 0.667 bits per heavy atom. The molecular weight excluding hydrogens is 641 g/mol. The van der Waals surface area contributed by atoms with E-state index in [1.165, 1.54) is 17.0 Å². The van der Waals surface area contributed by atoms with E-state index in [0.29, 0.717) is 6.42 Å². The fraction of sp³-hybridized carbons (Fsp3) is 0.750. The van der Waals surface area contributed by atoms with E-state index in [1.54, 1.807) is 0 Å². The van der Waals surface area contributed by atoms with Gasteiger partial charge >= 0.3 is 53.6 Å². The Morgan fingerprint density at radius 2 is 1.07 bits per heavy atom. The number of ether oxygens (including phenoxy) is 3. The van der Waals surface area contributed by atoms with Gasteiger partial charge in [0.05, 0.1) is 38.6 Å². The van der Waals surface area contributed by atoms with Gasteiger partial charge in [0.25, 0.3) is 0 Å². The average Bonchev–Trinajstić information content (AvgIpc) is 3.09. The monoisotopic (exact) mass is 657 g/mol. The van der Waals surface area contributed by atoms with E-state index in [9.17, 15) is 79.4 Å². The molecule has 0 bridgehead atoms. The molecule has 244 valence electrons. The molecule has 1 aliphatic rings. The second kappa shape index (κ2) is 11.0. The zero-order chi connectivity index (χ0) is 32.8. The van der Waals surface area contributed by atoms with E-state index in [2.05, 4.69) is 4.74 Å². The van der Waals surface area contributed by atoms with Gasteiger partial charge in [0.1, 0.15) is 6.61 Å². The minimum Gasteiger partial charge on any atom is -0.488 e. The Bertz CT molecular complexity index is 1090. The van der Waals surface area contributed by atoms with Crippen molar-refractivity contribution in [2.45, 2.75) is 73.4 Å². The van der Waals surface area contributed by atoms with Crippen molar-refractivity contribution < 1.29 is 93.6 Å². The largest absolute Gasteiger partial charge is 0.488 e. The highest BCUT2D eigenvalue weighted by atomic mass is 19.4. The molecule has 0 aliphatic carbocycles. The molecule has 5 nitrogen and oxygen atoms in total. The number of nitrogens with zero attached hydrogens (tertiary/aromatic N) is 1. The summed E-state index contributed by atoms with van der Waals surface area (Å²) in [5, 5.41) is 0. The van der Waals surface area contributed by atoms with E-state index in [4.69, 9.17) is 9.47 Å². The van der Waals surface area contributed by atoms with Crippen LogP contribution in [0.2, 0.25) is 0 Å². The second-order valence-electron chi connectivity index (χ2n) is 8.64. The van der Waals surface area contributed by atoms with Crippen molar-refractivity contribution in [2.24, 2.45) is 0 Å². The smallest absolute Gasteiger partial charge is 0.460 e. The molecule has 0 spiro atoms. The number of carbonyl (C=O) groups is 1. The maximum atomic E-state index is 13.9. The first-order chi connectivity index (χ1) is 18.7. The first-order valence-corrected chi connectivity index (χ1v) is 11.0. The summed E-state index contributed by atoms with van der Waals surface area (Å²) in [5.41, 5.74) is 0. The third-order valence-corrected chi connectivity index (χ3v) is 5.66. The molecule has 0 unspecified atom stereocenters. The van der Waals surface area contributed by atoms with Crippen molar-refractivity contribution in [3.05, 3.63) is 12.4 Å².